The molecule has 0 radical (unpaired) electrons. The number of benzene rings is 1. The lowest BCUT2D eigenvalue weighted by Gasteiger charge is -1.95. The summed E-state index contributed by atoms with van der Waals surface area (Å²) in [5.41, 5.74) is 1.79. The highest BCUT2D eigenvalue weighted by Crippen LogP contribution is 2.17. The summed E-state index contributed by atoms with van der Waals surface area (Å²) >= 11 is 0. The molecule has 0 spiro atoms. The third-order valence-corrected chi connectivity index (χ3v) is 2.74. The van der Waals surface area contributed by atoms with Crippen LogP contribution in [0.3, 0.4) is 0 Å². The van der Waals surface area contributed by atoms with Crippen LogP contribution in [-0.2, 0) is 0 Å². The van der Waals surface area contributed by atoms with Crippen molar-refractivity contribution in [3.05, 3.63) is 41.5 Å². The van der Waals surface area contributed by atoms with Gasteiger partial charge in [-0.1, -0.05) is 0 Å². The van der Waals surface area contributed by atoms with E-state index in [1.165, 1.54) is 16.6 Å². The first-order chi connectivity index (χ1) is 8.69. The molecule has 0 bridgehead atoms. The molecule has 3 rings (SSSR count). The molecule has 2 aromatic heterocycles. The normalized spacial score (nSPS) is 11.0. The van der Waals surface area contributed by atoms with E-state index in [0.29, 0.717) is 23.0 Å². The second-order valence-corrected chi connectivity index (χ2v) is 3.91. The van der Waals surface area contributed by atoms with Crippen LogP contribution in [0.15, 0.2) is 24.3 Å². The Morgan fingerprint density at radius 3 is 2.67 bits per heavy atom. The van der Waals surface area contributed by atoms with Crippen molar-refractivity contribution in [3.8, 4) is 11.4 Å². The van der Waals surface area contributed by atoms with Gasteiger partial charge in [0, 0.05) is 5.56 Å². The predicted molar refractivity (Wildman–Crippen MR) is 62.9 cm³/mol. The number of nitrogens with one attached hydrogen (secondary N) is 1. The van der Waals surface area contributed by atoms with Gasteiger partial charge in [0.25, 0.3) is 5.78 Å². The number of fused-ring (bicyclic) bond motifs is 1. The molecule has 90 valence electrons. The fourth-order valence-electron chi connectivity index (χ4n) is 1.82. The number of rotatable bonds is 2. The van der Waals surface area contributed by atoms with Crippen LogP contribution in [0.1, 0.15) is 16.2 Å². The Morgan fingerprint density at radius 1 is 1.28 bits per heavy atom. The van der Waals surface area contributed by atoms with Crippen LogP contribution in [-0.4, -0.2) is 25.9 Å². The molecule has 0 fully saturated rings. The fourth-order valence-corrected chi connectivity index (χ4v) is 1.82. The topological polar surface area (TPSA) is 63.1 Å². The molecule has 0 unspecified atom stereocenters. The maximum Gasteiger partial charge on any atom is 0.251 e. The minimum atomic E-state index is -0.306. The number of hydrogen-bond acceptors (Lipinski definition) is 3. The zero-order valence-corrected chi connectivity index (χ0v) is 9.51. The molecule has 0 aliphatic heterocycles. The van der Waals surface area contributed by atoms with Gasteiger partial charge in [0.2, 0.25) is 0 Å². The SMILES string of the molecule is Cc1nc2nc(-c3ccc(F)cc3)[nH]n2c1C=O. The molecule has 2 heterocycles. The Bertz CT molecular complexity index is 726. The molecule has 1 aromatic carbocycles. The first-order valence-corrected chi connectivity index (χ1v) is 5.35. The molecular formula is C12H9FN4O. The monoisotopic (exact) mass is 244 g/mol. The molecule has 18 heavy (non-hydrogen) atoms. The van der Waals surface area contributed by atoms with Gasteiger partial charge in [-0.3, -0.25) is 9.89 Å². The summed E-state index contributed by atoms with van der Waals surface area (Å²) in [4.78, 5) is 19.4. The number of halogens is 1. The second-order valence-electron chi connectivity index (χ2n) is 3.91. The molecule has 0 saturated carbocycles. The lowest BCUT2D eigenvalue weighted by atomic mass is 10.2. The number of aromatic nitrogens is 4. The summed E-state index contributed by atoms with van der Waals surface area (Å²) in [6, 6.07) is 5.93. The van der Waals surface area contributed by atoms with Gasteiger partial charge >= 0.3 is 0 Å². The fraction of sp³-hybridized carbons (Fsp3) is 0.0833. The van der Waals surface area contributed by atoms with E-state index in [1.54, 1.807) is 19.1 Å². The molecule has 1 N–H and O–H groups in total. The number of imidazole rings is 1. The summed E-state index contributed by atoms with van der Waals surface area (Å²) in [6.45, 7) is 1.74. The molecule has 0 saturated heterocycles. The first-order valence-electron chi connectivity index (χ1n) is 5.35. The van der Waals surface area contributed by atoms with Crippen molar-refractivity contribution in [2.75, 3.05) is 0 Å². The molecule has 0 atom stereocenters. The minimum absolute atomic E-state index is 0.306. The van der Waals surface area contributed by atoms with Crippen molar-refractivity contribution in [3.63, 3.8) is 0 Å². The molecule has 0 aliphatic carbocycles. The van der Waals surface area contributed by atoms with Crippen molar-refractivity contribution >= 4 is 12.1 Å². The van der Waals surface area contributed by atoms with E-state index in [0.717, 1.165) is 11.8 Å². The van der Waals surface area contributed by atoms with Crippen molar-refractivity contribution in [2.24, 2.45) is 0 Å². The molecule has 0 amide bonds. The van der Waals surface area contributed by atoms with Crippen molar-refractivity contribution in [1.29, 1.82) is 0 Å². The van der Waals surface area contributed by atoms with E-state index in [2.05, 4.69) is 15.1 Å². The van der Waals surface area contributed by atoms with E-state index >= 15 is 0 Å². The van der Waals surface area contributed by atoms with Gasteiger partial charge in [0.05, 0.1) is 5.69 Å². The lowest BCUT2D eigenvalue weighted by molar-refractivity contribution is 0.111. The number of aldehydes is 1. The van der Waals surface area contributed by atoms with Gasteiger partial charge in [0.1, 0.15) is 11.5 Å². The summed E-state index contributed by atoms with van der Waals surface area (Å²) < 4.78 is 14.3. The summed E-state index contributed by atoms with van der Waals surface area (Å²) in [5.74, 6) is 0.661. The predicted octanol–water partition coefficient (Wildman–Crippen LogP) is 1.98. The van der Waals surface area contributed by atoms with E-state index in [4.69, 9.17) is 0 Å². The highest BCUT2D eigenvalue weighted by atomic mass is 19.1. The summed E-state index contributed by atoms with van der Waals surface area (Å²) in [6.07, 6.45) is 0.724. The average molecular weight is 244 g/mol. The third kappa shape index (κ3) is 1.50. The van der Waals surface area contributed by atoms with Crippen molar-refractivity contribution in [1.82, 2.24) is 19.6 Å². The van der Waals surface area contributed by atoms with Gasteiger partial charge in [-0.15, -0.1) is 0 Å². The Kier molecular flexibility index (Phi) is 2.22. The van der Waals surface area contributed by atoms with Crippen LogP contribution in [0.2, 0.25) is 0 Å². The Morgan fingerprint density at radius 2 is 2.00 bits per heavy atom. The van der Waals surface area contributed by atoms with Gasteiger partial charge in [-0.05, 0) is 31.2 Å². The van der Waals surface area contributed by atoms with Gasteiger partial charge in [-0.25, -0.2) is 13.9 Å². The summed E-state index contributed by atoms with van der Waals surface area (Å²) in [7, 11) is 0. The Balaban J connectivity index is 2.16. The molecule has 5 nitrogen and oxygen atoms in total. The van der Waals surface area contributed by atoms with Gasteiger partial charge in [0.15, 0.2) is 12.1 Å². The highest BCUT2D eigenvalue weighted by Gasteiger charge is 2.13. The number of hydrogen-bond donors (Lipinski definition) is 1. The lowest BCUT2D eigenvalue weighted by Crippen LogP contribution is -1.93. The van der Waals surface area contributed by atoms with Gasteiger partial charge < -0.3 is 0 Å². The van der Waals surface area contributed by atoms with E-state index in [-0.39, 0.29) is 5.82 Å². The highest BCUT2D eigenvalue weighted by molar-refractivity contribution is 5.75. The maximum atomic E-state index is 12.8. The van der Waals surface area contributed by atoms with Crippen LogP contribution in [0.5, 0.6) is 0 Å². The first kappa shape index (κ1) is 10.6. The van der Waals surface area contributed by atoms with Crippen LogP contribution in [0.4, 0.5) is 4.39 Å². The number of carbonyl (C=O) groups is 1. The number of carbonyl (C=O) groups excluding carboxylic acids is 1. The van der Waals surface area contributed by atoms with Crippen LogP contribution < -0.4 is 0 Å². The average Bonchev–Trinajstić information content (AvgIpc) is 2.86. The van der Waals surface area contributed by atoms with Crippen LogP contribution in [0, 0.1) is 12.7 Å². The number of nitrogens with zero attached hydrogens (tertiary/aromatic N) is 3. The molecule has 0 aliphatic rings. The van der Waals surface area contributed by atoms with Crippen LogP contribution >= 0.6 is 0 Å². The summed E-state index contributed by atoms with van der Waals surface area (Å²) in [5, 5.41) is 2.96. The van der Waals surface area contributed by atoms with Crippen molar-refractivity contribution < 1.29 is 9.18 Å². The smallest absolute Gasteiger partial charge is 0.251 e. The van der Waals surface area contributed by atoms with Gasteiger partial charge in [-0.2, -0.15) is 4.98 Å². The number of aromatic amines is 1. The van der Waals surface area contributed by atoms with E-state index < -0.39 is 0 Å². The minimum Gasteiger partial charge on any atom is -0.296 e. The maximum absolute atomic E-state index is 12.8. The quantitative estimate of drug-likeness (QED) is 0.701. The zero-order valence-electron chi connectivity index (χ0n) is 9.51. The molecule has 3 aromatic rings. The standard InChI is InChI=1S/C12H9FN4O/c1-7-10(6-18)17-12(14-7)15-11(16-17)8-2-4-9(13)5-3-8/h2-6H,1H3,(H,14,15,16). The van der Waals surface area contributed by atoms with Crippen LogP contribution in [0.25, 0.3) is 17.2 Å². The third-order valence-electron chi connectivity index (χ3n) is 2.74. The number of aryl methyl sites for hydroxylation is 1. The zero-order chi connectivity index (χ0) is 12.7. The Hall–Kier alpha value is -2.50. The molecule has 6 heteroatoms. The van der Waals surface area contributed by atoms with E-state index in [9.17, 15) is 9.18 Å². The second kappa shape index (κ2) is 3.76. The van der Waals surface area contributed by atoms with E-state index in [1.807, 2.05) is 0 Å². The largest absolute Gasteiger partial charge is 0.296 e. The van der Waals surface area contributed by atoms with Crippen molar-refractivity contribution in [2.45, 2.75) is 6.92 Å². The Labute approximate surface area is 101 Å². The molecular weight excluding hydrogens is 235 g/mol. The number of H-pyrrole nitrogens is 1.